The molecule has 0 saturated heterocycles. The summed E-state index contributed by atoms with van der Waals surface area (Å²) in [5.41, 5.74) is 2.85. The maximum atomic E-state index is 12.8. The Bertz CT molecular complexity index is 1760. The molecular formula is C33H44N6O6S2. The minimum absolute atomic E-state index is 0.0555. The Hall–Kier alpha value is -4.04. The fourth-order valence-electron chi connectivity index (χ4n) is 4.84. The monoisotopic (exact) mass is 684 g/mol. The zero-order valence-corrected chi connectivity index (χ0v) is 28.6. The van der Waals surface area contributed by atoms with Crippen molar-refractivity contribution in [3.63, 3.8) is 0 Å². The number of carbonyl (C=O) groups excluding carboxylic acids is 2. The van der Waals surface area contributed by atoms with Crippen molar-refractivity contribution in [3.8, 4) is 0 Å². The van der Waals surface area contributed by atoms with E-state index >= 15 is 0 Å². The first-order chi connectivity index (χ1) is 22.4. The van der Waals surface area contributed by atoms with Gasteiger partial charge in [0.05, 0.1) is 15.9 Å². The van der Waals surface area contributed by atoms with E-state index in [1.165, 1.54) is 12.1 Å². The van der Waals surface area contributed by atoms with Crippen molar-refractivity contribution in [1.82, 2.24) is 20.0 Å². The van der Waals surface area contributed by atoms with Crippen LogP contribution >= 0.6 is 0 Å². The highest BCUT2D eigenvalue weighted by Gasteiger charge is 2.34. The summed E-state index contributed by atoms with van der Waals surface area (Å²) in [5, 5.41) is 9.10. The fourth-order valence-corrected chi connectivity index (χ4v) is 7.69. The number of nitrogens with zero attached hydrogens (tertiary/aromatic N) is 2. The van der Waals surface area contributed by atoms with Crippen LogP contribution in [0.5, 0.6) is 0 Å². The number of benzene rings is 2. The standard InChI is InChI=1S/C33H44N6O6S2/c1-3-4-6-16-31(41)39-47(44,45)29-14-10-13-27(21-29)37-33-35-22-24(2)32(38-33)36-26-12-9-11-25(20-26)23-34-30(40)15-7-5-8-19-46(42,43)28-17-18-28/h9-14,20-22,28H,3-8,15-19,23H2,1-2H3,(H,34,40)(H,39,41)(H2,35,36,37,38). The molecule has 1 aliphatic rings. The lowest BCUT2D eigenvalue weighted by molar-refractivity contribution is -0.121. The zero-order valence-electron chi connectivity index (χ0n) is 26.9. The molecule has 1 aliphatic carbocycles. The second-order valence-corrected chi connectivity index (χ2v) is 15.9. The van der Waals surface area contributed by atoms with E-state index < -0.39 is 25.8 Å². The fraction of sp³-hybridized carbons (Fsp3) is 0.455. The van der Waals surface area contributed by atoms with Crippen molar-refractivity contribution < 1.29 is 26.4 Å². The molecule has 4 N–H and O–H groups in total. The summed E-state index contributed by atoms with van der Waals surface area (Å²) in [5.74, 6) is 0.370. The normalized spacial score (nSPS) is 13.1. The molecule has 254 valence electrons. The van der Waals surface area contributed by atoms with Gasteiger partial charge in [-0.3, -0.25) is 9.59 Å². The molecule has 0 bridgehead atoms. The first-order valence-electron chi connectivity index (χ1n) is 16.1. The number of anilines is 4. The summed E-state index contributed by atoms with van der Waals surface area (Å²) >= 11 is 0. The number of carbonyl (C=O) groups is 2. The van der Waals surface area contributed by atoms with Gasteiger partial charge in [-0.25, -0.2) is 26.5 Å². The van der Waals surface area contributed by atoms with Crippen molar-refractivity contribution in [3.05, 3.63) is 65.9 Å². The minimum Gasteiger partial charge on any atom is -0.352 e. The average molecular weight is 685 g/mol. The van der Waals surface area contributed by atoms with Crippen molar-refractivity contribution in [2.75, 3.05) is 16.4 Å². The van der Waals surface area contributed by atoms with E-state index in [1.807, 2.05) is 38.1 Å². The molecule has 14 heteroatoms. The van der Waals surface area contributed by atoms with Gasteiger partial charge >= 0.3 is 0 Å². The highest BCUT2D eigenvalue weighted by molar-refractivity contribution is 7.92. The number of sulfonamides is 1. The second kappa shape index (κ2) is 16.7. The summed E-state index contributed by atoms with van der Waals surface area (Å²) in [7, 11) is -6.98. The van der Waals surface area contributed by atoms with Gasteiger partial charge in [0.25, 0.3) is 10.0 Å². The molecule has 1 saturated carbocycles. The van der Waals surface area contributed by atoms with Gasteiger partial charge in [-0.15, -0.1) is 0 Å². The Morgan fingerprint density at radius 3 is 2.30 bits per heavy atom. The molecule has 1 heterocycles. The SMILES string of the molecule is CCCCCC(=O)NS(=O)(=O)c1cccc(Nc2ncc(C)c(Nc3cccc(CNC(=O)CCCCCS(=O)(=O)C4CC4)c3)n2)c1. The molecule has 47 heavy (non-hydrogen) atoms. The third kappa shape index (κ3) is 11.6. The Morgan fingerprint density at radius 1 is 0.851 bits per heavy atom. The van der Waals surface area contributed by atoms with Gasteiger partial charge in [0.2, 0.25) is 17.8 Å². The van der Waals surface area contributed by atoms with Crippen LogP contribution in [0.15, 0.2) is 59.6 Å². The summed E-state index contributed by atoms with van der Waals surface area (Å²) in [6.45, 7) is 4.21. The quantitative estimate of drug-likeness (QED) is 0.119. The molecular weight excluding hydrogens is 641 g/mol. The van der Waals surface area contributed by atoms with Crippen LogP contribution in [0.1, 0.15) is 82.3 Å². The summed E-state index contributed by atoms with van der Waals surface area (Å²) in [4.78, 5) is 33.3. The van der Waals surface area contributed by atoms with E-state index in [9.17, 15) is 26.4 Å². The van der Waals surface area contributed by atoms with E-state index in [1.54, 1.807) is 18.3 Å². The Morgan fingerprint density at radius 2 is 1.55 bits per heavy atom. The number of nitrogens with one attached hydrogen (secondary N) is 4. The van der Waals surface area contributed by atoms with Crippen LogP contribution in [0.3, 0.4) is 0 Å². The first kappa shape index (κ1) is 35.8. The molecule has 0 aliphatic heterocycles. The number of rotatable bonds is 19. The molecule has 0 radical (unpaired) electrons. The maximum Gasteiger partial charge on any atom is 0.264 e. The molecule has 1 aromatic heterocycles. The summed E-state index contributed by atoms with van der Waals surface area (Å²) in [6, 6.07) is 13.6. The Kier molecular flexibility index (Phi) is 12.7. The van der Waals surface area contributed by atoms with E-state index in [4.69, 9.17) is 0 Å². The number of amides is 2. The molecule has 2 amide bonds. The van der Waals surface area contributed by atoms with Crippen LogP contribution in [0.4, 0.5) is 23.1 Å². The van der Waals surface area contributed by atoms with Crippen LogP contribution < -0.4 is 20.7 Å². The third-order valence-electron chi connectivity index (χ3n) is 7.67. The van der Waals surface area contributed by atoms with Gasteiger partial charge in [-0.1, -0.05) is 44.4 Å². The van der Waals surface area contributed by atoms with Gasteiger partial charge in [0.1, 0.15) is 5.82 Å². The number of aromatic nitrogens is 2. The van der Waals surface area contributed by atoms with Gasteiger partial charge in [0.15, 0.2) is 9.84 Å². The van der Waals surface area contributed by atoms with E-state index in [-0.39, 0.29) is 34.2 Å². The Labute approximate surface area is 277 Å². The molecule has 0 atom stereocenters. The summed E-state index contributed by atoms with van der Waals surface area (Å²) in [6.07, 6.45) is 8.05. The van der Waals surface area contributed by atoms with E-state index in [0.29, 0.717) is 50.2 Å². The lowest BCUT2D eigenvalue weighted by atomic mass is 10.1. The first-order valence-corrected chi connectivity index (χ1v) is 19.3. The largest absolute Gasteiger partial charge is 0.352 e. The highest BCUT2D eigenvalue weighted by atomic mass is 32.2. The Balaban J connectivity index is 1.29. The number of hydrogen-bond acceptors (Lipinski definition) is 10. The molecule has 0 spiro atoms. The summed E-state index contributed by atoms with van der Waals surface area (Å²) < 4.78 is 51.6. The van der Waals surface area contributed by atoms with Crippen molar-refractivity contribution in [2.45, 2.75) is 94.7 Å². The van der Waals surface area contributed by atoms with Gasteiger partial charge in [0, 0.05) is 42.5 Å². The van der Waals surface area contributed by atoms with Gasteiger partial charge in [-0.05, 0) is 74.9 Å². The zero-order chi connectivity index (χ0) is 33.9. The van der Waals surface area contributed by atoms with Gasteiger partial charge < -0.3 is 16.0 Å². The molecule has 3 aromatic rings. The van der Waals surface area contributed by atoms with Crippen LogP contribution in [-0.2, 0) is 36.0 Å². The topological polar surface area (TPSA) is 176 Å². The molecule has 12 nitrogen and oxygen atoms in total. The predicted octanol–water partition coefficient (Wildman–Crippen LogP) is 5.41. The van der Waals surface area contributed by atoms with Crippen LogP contribution in [0, 0.1) is 6.92 Å². The second-order valence-electron chi connectivity index (χ2n) is 11.8. The number of hydrogen-bond donors (Lipinski definition) is 4. The number of unbranched alkanes of at least 4 members (excludes halogenated alkanes) is 4. The molecule has 2 aromatic carbocycles. The highest BCUT2D eigenvalue weighted by Crippen LogP contribution is 2.29. The lowest BCUT2D eigenvalue weighted by Gasteiger charge is -2.13. The number of aryl methyl sites for hydroxylation is 1. The predicted molar refractivity (Wildman–Crippen MR) is 183 cm³/mol. The van der Waals surface area contributed by atoms with Crippen LogP contribution in [0.25, 0.3) is 0 Å². The smallest absolute Gasteiger partial charge is 0.264 e. The lowest BCUT2D eigenvalue weighted by Crippen LogP contribution is -2.30. The van der Waals surface area contributed by atoms with Crippen molar-refractivity contribution in [1.29, 1.82) is 0 Å². The van der Waals surface area contributed by atoms with Crippen LogP contribution in [-0.4, -0.2) is 49.6 Å². The minimum atomic E-state index is -4.03. The van der Waals surface area contributed by atoms with E-state index in [0.717, 1.165) is 42.5 Å². The molecule has 4 rings (SSSR count). The number of sulfone groups is 1. The van der Waals surface area contributed by atoms with E-state index in [2.05, 4.69) is 30.6 Å². The van der Waals surface area contributed by atoms with Crippen molar-refractivity contribution in [2.24, 2.45) is 0 Å². The van der Waals surface area contributed by atoms with Gasteiger partial charge in [-0.2, -0.15) is 4.98 Å². The van der Waals surface area contributed by atoms with Crippen molar-refractivity contribution >= 4 is 54.8 Å². The molecule has 0 unspecified atom stereocenters. The maximum absolute atomic E-state index is 12.8. The molecule has 1 fully saturated rings. The average Bonchev–Trinajstić information content (AvgIpc) is 3.89. The third-order valence-corrected chi connectivity index (χ3v) is 11.4. The van der Waals surface area contributed by atoms with Crippen LogP contribution in [0.2, 0.25) is 0 Å².